The Morgan fingerprint density at radius 1 is 0.974 bits per heavy atom. The highest BCUT2D eigenvalue weighted by atomic mass is 35.5. The Labute approximate surface area is 227 Å². The number of hydrogen-bond donors (Lipinski definition) is 1. The van der Waals surface area contributed by atoms with E-state index >= 15 is 0 Å². The smallest absolute Gasteiger partial charge is 0.271 e. The van der Waals surface area contributed by atoms with E-state index in [2.05, 4.69) is 16.6 Å². The first-order valence-corrected chi connectivity index (χ1v) is 13.7. The van der Waals surface area contributed by atoms with Gasteiger partial charge in [0, 0.05) is 5.56 Å². The number of hydrogen-bond acceptors (Lipinski definition) is 4. The Morgan fingerprint density at radius 2 is 1.69 bits per heavy atom. The second kappa shape index (κ2) is 10.3. The van der Waals surface area contributed by atoms with Gasteiger partial charge in [-0.05, 0) is 65.1 Å². The predicted molar refractivity (Wildman–Crippen MR) is 145 cm³/mol. The Balaban J connectivity index is 1.45. The molecule has 0 aliphatic heterocycles. The Kier molecular flexibility index (Phi) is 7.09. The largest absolute Gasteiger partial charge is 0.416 e. The molecule has 200 valence electrons. The zero-order valence-electron chi connectivity index (χ0n) is 20.2. The predicted octanol–water partition coefficient (Wildman–Crippen LogP) is 5.96. The van der Waals surface area contributed by atoms with E-state index in [-0.39, 0.29) is 9.92 Å². The van der Waals surface area contributed by atoms with E-state index in [1.807, 2.05) is 24.3 Å². The molecule has 0 spiro atoms. The van der Waals surface area contributed by atoms with Gasteiger partial charge in [0.05, 0.1) is 27.4 Å². The molecular weight excluding hydrogens is 551 g/mol. The van der Waals surface area contributed by atoms with Gasteiger partial charge >= 0.3 is 6.18 Å². The molecule has 0 fully saturated rings. The number of carbonyl (C=O) groups is 1. The molecule has 11 heteroatoms. The molecule has 0 atom stereocenters. The SMILES string of the molecule is O=C(CN(c1cc(C(F)(F)F)ccc1Cl)S(=O)(=O)c1ccccc1)N/N=C\c1ccc2c3c(cccc13)CC2. The van der Waals surface area contributed by atoms with E-state index < -0.39 is 39.9 Å². The van der Waals surface area contributed by atoms with Crippen molar-refractivity contribution in [1.82, 2.24) is 5.43 Å². The van der Waals surface area contributed by atoms with Crippen LogP contribution in [-0.2, 0) is 33.8 Å². The lowest BCUT2D eigenvalue weighted by atomic mass is 10.0. The number of hydrazone groups is 1. The topological polar surface area (TPSA) is 78.8 Å². The van der Waals surface area contributed by atoms with Crippen LogP contribution in [0, 0.1) is 0 Å². The molecule has 0 aromatic heterocycles. The van der Waals surface area contributed by atoms with Crippen molar-refractivity contribution >= 4 is 50.2 Å². The third-order valence-electron chi connectivity index (χ3n) is 6.46. The van der Waals surface area contributed by atoms with Crippen LogP contribution in [0.3, 0.4) is 0 Å². The van der Waals surface area contributed by atoms with Crippen LogP contribution in [-0.4, -0.2) is 27.1 Å². The lowest BCUT2D eigenvalue weighted by Crippen LogP contribution is -2.40. The Hall–Kier alpha value is -3.89. The molecule has 1 N–H and O–H groups in total. The molecule has 1 amide bonds. The average Bonchev–Trinajstić information content (AvgIpc) is 3.33. The van der Waals surface area contributed by atoms with E-state index in [1.54, 1.807) is 6.07 Å². The molecular formula is C28H21ClF3N3O3S. The van der Waals surface area contributed by atoms with Crippen LogP contribution in [0.25, 0.3) is 10.8 Å². The summed E-state index contributed by atoms with van der Waals surface area (Å²) >= 11 is 6.15. The molecule has 0 unspecified atom stereocenters. The zero-order chi connectivity index (χ0) is 27.8. The molecule has 1 aliphatic carbocycles. The van der Waals surface area contributed by atoms with Gasteiger partial charge in [-0.2, -0.15) is 18.3 Å². The fraction of sp³-hybridized carbons (Fsp3) is 0.143. The molecule has 0 heterocycles. The highest BCUT2D eigenvalue weighted by molar-refractivity contribution is 7.92. The van der Waals surface area contributed by atoms with Gasteiger partial charge in [0.1, 0.15) is 6.54 Å². The zero-order valence-corrected chi connectivity index (χ0v) is 21.8. The average molecular weight is 572 g/mol. The van der Waals surface area contributed by atoms with Gasteiger partial charge < -0.3 is 0 Å². The summed E-state index contributed by atoms with van der Waals surface area (Å²) < 4.78 is 67.8. The third-order valence-corrected chi connectivity index (χ3v) is 8.56. The maximum Gasteiger partial charge on any atom is 0.416 e. The molecule has 39 heavy (non-hydrogen) atoms. The van der Waals surface area contributed by atoms with Gasteiger partial charge in [0.25, 0.3) is 15.9 Å². The summed E-state index contributed by atoms with van der Waals surface area (Å²) in [4.78, 5) is 12.7. The second-order valence-electron chi connectivity index (χ2n) is 8.94. The number of alkyl halides is 3. The minimum absolute atomic E-state index is 0.220. The van der Waals surface area contributed by atoms with E-state index in [0.717, 1.165) is 41.3 Å². The summed E-state index contributed by atoms with van der Waals surface area (Å²) in [6, 6.07) is 19.2. The first-order valence-electron chi connectivity index (χ1n) is 11.9. The first kappa shape index (κ1) is 26.7. The maximum absolute atomic E-state index is 13.5. The molecule has 6 nitrogen and oxygen atoms in total. The monoisotopic (exact) mass is 571 g/mol. The summed E-state index contributed by atoms with van der Waals surface area (Å²) in [5, 5.41) is 5.86. The Bertz CT molecular complexity index is 1700. The second-order valence-corrected chi connectivity index (χ2v) is 11.2. The van der Waals surface area contributed by atoms with Crippen molar-refractivity contribution in [3.63, 3.8) is 0 Å². The minimum atomic E-state index is -4.76. The molecule has 0 bridgehead atoms. The summed E-state index contributed by atoms with van der Waals surface area (Å²) in [7, 11) is -4.47. The molecule has 4 aromatic rings. The van der Waals surface area contributed by atoms with Crippen LogP contribution in [0.15, 0.2) is 88.9 Å². The van der Waals surface area contributed by atoms with Crippen molar-refractivity contribution in [2.24, 2.45) is 5.10 Å². The number of aryl methyl sites for hydroxylation is 2. The number of nitrogens with one attached hydrogen (secondary N) is 1. The summed E-state index contributed by atoms with van der Waals surface area (Å²) in [5.41, 5.74) is 3.93. The van der Waals surface area contributed by atoms with Crippen molar-refractivity contribution < 1.29 is 26.4 Å². The number of amides is 1. The van der Waals surface area contributed by atoms with Gasteiger partial charge in [-0.15, -0.1) is 0 Å². The molecule has 0 radical (unpaired) electrons. The number of sulfonamides is 1. The van der Waals surface area contributed by atoms with Crippen molar-refractivity contribution in [2.45, 2.75) is 23.9 Å². The standard InChI is InChI=1S/C28H21ClF3N3O3S/c29-24-14-13-21(28(30,31)32)15-25(24)35(39(37,38)22-6-2-1-3-7-22)17-26(36)34-33-16-20-12-11-19-10-9-18-5-4-8-23(20)27(18)19/h1-8,11-16H,9-10,17H2,(H,34,36)/b33-16-. The molecule has 4 aromatic carbocycles. The first-order chi connectivity index (χ1) is 18.6. The summed E-state index contributed by atoms with van der Waals surface area (Å²) in [6.07, 6.45) is -1.40. The van der Waals surface area contributed by atoms with Gasteiger partial charge in [-0.1, -0.05) is 60.1 Å². The van der Waals surface area contributed by atoms with Crippen LogP contribution in [0.5, 0.6) is 0 Å². The maximum atomic E-state index is 13.5. The summed E-state index contributed by atoms with van der Waals surface area (Å²) in [6.45, 7) is -0.862. The van der Waals surface area contributed by atoms with Crippen molar-refractivity contribution in [1.29, 1.82) is 0 Å². The third kappa shape index (κ3) is 5.35. The molecule has 1 aliphatic rings. The molecule has 5 rings (SSSR count). The van der Waals surface area contributed by atoms with Crippen LogP contribution in [0.2, 0.25) is 5.02 Å². The number of carbonyl (C=O) groups excluding carboxylic acids is 1. The van der Waals surface area contributed by atoms with E-state index in [0.29, 0.717) is 10.4 Å². The van der Waals surface area contributed by atoms with Crippen molar-refractivity contribution in [3.05, 3.63) is 106 Å². The summed E-state index contributed by atoms with van der Waals surface area (Å²) in [5.74, 6) is -0.870. The van der Waals surface area contributed by atoms with Crippen LogP contribution in [0.4, 0.5) is 18.9 Å². The fourth-order valence-corrected chi connectivity index (χ4v) is 6.34. The van der Waals surface area contributed by atoms with Crippen molar-refractivity contribution in [3.8, 4) is 0 Å². The van der Waals surface area contributed by atoms with E-state index in [9.17, 15) is 26.4 Å². The highest BCUT2D eigenvalue weighted by Gasteiger charge is 2.34. The number of nitrogens with zero attached hydrogens (tertiary/aromatic N) is 2. The number of anilines is 1. The highest BCUT2D eigenvalue weighted by Crippen LogP contribution is 2.37. The number of halogens is 4. The van der Waals surface area contributed by atoms with Crippen molar-refractivity contribution in [2.75, 3.05) is 10.8 Å². The molecule has 0 saturated carbocycles. The van der Waals surface area contributed by atoms with Crippen LogP contribution in [0.1, 0.15) is 22.3 Å². The number of benzene rings is 4. The minimum Gasteiger partial charge on any atom is -0.271 e. The lowest BCUT2D eigenvalue weighted by Gasteiger charge is -2.25. The van der Waals surface area contributed by atoms with Gasteiger partial charge in [0.2, 0.25) is 0 Å². The van der Waals surface area contributed by atoms with E-state index in [1.165, 1.54) is 41.6 Å². The number of rotatable bonds is 7. The van der Waals surface area contributed by atoms with E-state index in [4.69, 9.17) is 11.6 Å². The molecule has 0 saturated heterocycles. The Morgan fingerprint density at radius 3 is 2.41 bits per heavy atom. The normalized spacial score (nSPS) is 13.2. The van der Waals surface area contributed by atoms with Gasteiger partial charge in [-0.25, -0.2) is 13.8 Å². The quantitative estimate of drug-likeness (QED) is 0.220. The van der Waals surface area contributed by atoms with Crippen LogP contribution >= 0.6 is 11.6 Å². The van der Waals surface area contributed by atoms with Gasteiger partial charge in [-0.3, -0.25) is 9.10 Å². The van der Waals surface area contributed by atoms with Gasteiger partial charge in [0.15, 0.2) is 0 Å². The lowest BCUT2D eigenvalue weighted by molar-refractivity contribution is -0.137. The van der Waals surface area contributed by atoms with Crippen LogP contribution < -0.4 is 9.73 Å². The fourth-order valence-electron chi connectivity index (χ4n) is 4.62.